The Bertz CT molecular complexity index is 1080. The molecule has 2 aromatic carbocycles. The molecule has 1 atom stereocenters. The first-order valence-electron chi connectivity index (χ1n) is 8.66. The number of nitrogens with one attached hydrogen (secondary N) is 2. The Morgan fingerprint density at radius 2 is 2.00 bits per heavy atom. The van der Waals surface area contributed by atoms with Crippen molar-refractivity contribution in [2.75, 3.05) is 5.32 Å². The molecule has 0 spiro atoms. The lowest BCUT2D eigenvalue weighted by atomic mass is 10.2. The number of aromatic nitrogens is 2. The third-order valence-corrected chi connectivity index (χ3v) is 4.00. The molecule has 0 aliphatic carbocycles. The highest BCUT2D eigenvalue weighted by Crippen LogP contribution is 2.11. The smallest absolute Gasteiger partial charge is 0.307 e. The van der Waals surface area contributed by atoms with Crippen LogP contribution in [-0.4, -0.2) is 27.9 Å². The van der Waals surface area contributed by atoms with Crippen molar-refractivity contribution in [3.05, 3.63) is 70.5 Å². The molecule has 0 radical (unpaired) electrons. The summed E-state index contributed by atoms with van der Waals surface area (Å²) in [4.78, 5) is 43.0. The fourth-order valence-electron chi connectivity index (χ4n) is 2.59. The van der Waals surface area contributed by atoms with Crippen molar-refractivity contribution >= 4 is 28.5 Å². The Morgan fingerprint density at radius 3 is 2.79 bits per heavy atom. The molecule has 0 fully saturated rings. The van der Waals surface area contributed by atoms with Crippen LogP contribution in [0.5, 0.6) is 0 Å². The van der Waals surface area contributed by atoms with E-state index in [2.05, 4.69) is 15.3 Å². The molecule has 0 unspecified atom stereocenters. The molecule has 28 heavy (non-hydrogen) atoms. The first-order valence-corrected chi connectivity index (χ1v) is 8.66. The third kappa shape index (κ3) is 4.79. The van der Waals surface area contributed by atoms with Gasteiger partial charge in [-0.2, -0.15) is 0 Å². The van der Waals surface area contributed by atoms with E-state index in [1.54, 1.807) is 24.3 Å². The lowest BCUT2D eigenvalue weighted by Gasteiger charge is -2.13. The second-order valence-electron chi connectivity index (χ2n) is 6.16. The number of halogens is 1. The van der Waals surface area contributed by atoms with Crippen LogP contribution in [0.2, 0.25) is 0 Å². The number of H-pyrrole nitrogens is 1. The first kappa shape index (κ1) is 19.2. The van der Waals surface area contributed by atoms with Gasteiger partial charge in [-0.3, -0.25) is 14.4 Å². The summed E-state index contributed by atoms with van der Waals surface area (Å²) in [7, 11) is 0. The predicted octanol–water partition coefficient (Wildman–Crippen LogP) is 2.57. The van der Waals surface area contributed by atoms with Crippen LogP contribution < -0.4 is 10.9 Å². The lowest BCUT2D eigenvalue weighted by Crippen LogP contribution is -2.30. The van der Waals surface area contributed by atoms with Gasteiger partial charge in [0.15, 0.2) is 6.10 Å². The van der Waals surface area contributed by atoms with Gasteiger partial charge in [-0.25, -0.2) is 9.37 Å². The monoisotopic (exact) mass is 383 g/mol. The molecular weight excluding hydrogens is 365 g/mol. The molecule has 7 nitrogen and oxygen atoms in total. The summed E-state index contributed by atoms with van der Waals surface area (Å²) in [6, 6.07) is 12.3. The van der Waals surface area contributed by atoms with Crippen LogP contribution in [0.4, 0.5) is 10.1 Å². The maximum absolute atomic E-state index is 13.1. The van der Waals surface area contributed by atoms with E-state index in [0.717, 1.165) is 6.07 Å². The Morgan fingerprint density at radius 1 is 1.21 bits per heavy atom. The summed E-state index contributed by atoms with van der Waals surface area (Å²) in [5, 5.41) is 2.94. The molecule has 1 aromatic heterocycles. The predicted molar refractivity (Wildman–Crippen MR) is 101 cm³/mol. The number of amides is 1. The van der Waals surface area contributed by atoms with E-state index in [0.29, 0.717) is 16.7 Å². The van der Waals surface area contributed by atoms with Gasteiger partial charge in [0, 0.05) is 12.1 Å². The largest absolute Gasteiger partial charge is 0.453 e. The van der Waals surface area contributed by atoms with E-state index in [1.165, 1.54) is 25.1 Å². The van der Waals surface area contributed by atoms with Crippen LogP contribution in [0.1, 0.15) is 19.2 Å². The number of nitrogens with zero attached hydrogens (tertiary/aromatic N) is 1. The fraction of sp³-hybridized carbons (Fsp3) is 0.200. The van der Waals surface area contributed by atoms with Gasteiger partial charge in [0.2, 0.25) is 0 Å². The Balaban J connectivity index is 1.55. The number of esters is 1. The number of aromatic amines is 1. The first-order chi connectivity index (χ1) is 13.4. The van der Waals surface area contributed by atoms with Crippen LogP contribution in [0.25, 0.3) is 10.9 Å². The number of carbonyl (C=O) groups is 2. The molecule has 0 aliphatic rings. The molecule has 144 valence electrons. The second-order valence-corrected chi connectivity index (χ2v) is 6.16. The van der Waals surface area contributed by atoms with Crippen molar-refractivity contribution in [3.63, 3.8) is 0 Å². The maximum Gasteiger partial charge on any atom is 0.307 e. The van der Waals surface area contributed by atoms with E-state index in [1.807, 2.05) is 0 Å². The van der Waals surface area contributed by atoms with Crippen molar-refractivity contribution in [1.82, 2.24) is 9.97 Å². The summed E-state index contributed by atoms with van der Waals surface area (Å²) in [6.45, 7) is 1.42. The number of para-hydroxylation sites is 1. The minimum Gasteiger partial charge on any atom is -0.453 e. The van der Waals surface area contributed by atoms with Gasteiger partial charge in [-0.1, -0.05) is 18.2 Å². The van der Waals surface area contributed by atoms with Gasteiger partial charge in [0.25, 0.3) is 11.5 Å². The van der Waals surface area contributed by atoms with Crippen LogP contribution in [0.3, 0.4) is 0 Å². The summed E-state index contributed by atoms with van der Waals surface area (Å²) < 4.78 is 18.2. The SMILES string of the molecule is C[C@H](OC(=O)CCc1nc2ccccc2c(=O)[nH]1)C(=O)Nc1cccc(F)c1. The number of ether oxygens (including phenoxy) is 1. The molecule has 0 saturated heterocycles. The van der Waals surface area contributed by atoms with E-state index in [-0.39, 0.29) is 24.1 Å². The number of hydrogen-bond acceptors (Lipinski definition) is 5. The number of anilines is 1. The average Bonchev–Trinajstić information content (AvgIpc) is 2.66. The normalized spacial score (nSPS) is 11.8. The van der Waals surface area contributed by atoms with E-state index in [9.17, 15) is 18.8 Å². The Kier molecular flexibility index (Phi) is 5.78. The van der Waals surface area contributed by atoms with Gasteiger partial charge in [-0.15, -0.1) is 0 Å². The van der Waals surface area contributed by atoms with Crippen molar-refractivity contribution < 1.29 is 18.7 Å². The van der Waals surface area contributed by atoms with Crippen molar-refractivity contribution in [2.24, 2.45) is 0 Å². The minimum absolute atomic E-state index is 0.0567. The molecule has 0 saturated carbocycles. The number of benzene rings is 2. The van der Waals surface area contributed by atoms with Crippen molar-refractivity contribution in [2.45, 2.75) is 25.9 Å². The zero-order valence-corrected chi connectivity index (χ0v) is 15.1. The highest BCUT2D eigenvalue weighted by Gasteiger charge is 2.18. The third-order valence-electron chi connectivity index (χ3n) is 4.00. The van der Waals surface area contributed by atoms with Gasteiger partial charge >= 0.3 is 5.97 Å². The number of rotatable bonds is 6. The molecule has 0 aliphatic heterocycles. The Hall–Kier alpha value is -3.55. The molecule has 0 bridgehead atoms. The quantitative estimate of drug-likeness (QED) is 0.637. The fourth-order valence-corrected chi connectivity index (χ4v) is 2.59. The van der Waals surface area contributed by atoms with Gasteiger partial charge < -0.3 is 15.0 Å². The summed E-state index contributed by atoms with van der Waals surface area (Å²) in [6.07, 6.45) is -0.949. The number of aryl methyl sites for hydroxylation is 1. The molecule has 8 heteroatoms. The highest BCUT2D eigenvalue weighted by atomic mass is 19.1. The number of fused-ring (bicyclic) bond motifs is 1. The minimum atomic E-state index is -1.06. The highest BCUT2D eigenvalue weighted by molar-refractivity contribution is 5.95. The summed E-state index contributed by atoms with van der Waals surface area (Å²) >= 11 is 0. The van der Waals surface area contributed by atoms with Gasteiger partial charge in [0.05, 0.1) is 17.3 Å². The van der Waals surface area contributed by atoms with Crippen LogP contribution in [0.15, 0.2) is 53.3 Å². The zero-order chi connectivity index (χ0) is 20.1. The standard InChI is InChI=1S/C20H18FN3O4/c1-12(19(26)22-14-6-4-5-13(21)11-14)28-18(25)10-9-17-23-16-8-3-2-7-15(16)20(27)24-17/h2-8,11-12H,9-10H2,1H3,(H,22,26)(H,23,24,27)/t12-/m0/s1. The van der Waals surface area contributed by atoms with Crippen LogP contribution >= 0.6 is 0 Å². The zero-order valence-electron chi connectivity index (χ0n) is 15.1. The molecule has 3 rings (SSSR count). The molecular formula is C20H18FN3O4. The molecule has 1 heterocycles. The van der Waals surface area contributed by atoms with E-state index < -0.39 is 23.8 Å². The average molecular weight is 383 g/mol. The van der Waals surface area contributed by atoms with Gasteiger partial charge in [-0.05, 0) is 37.3 Å². The molecule has 3 aromatic rings. The van der Waals surface area contributed by atoms with Crippen LogP contribution in [-0.2, 0) is 20.7 Å². The lowest BCUT2D eigenvalue weighted by molar-refractivity contribution is -0.153. The van der Waals surface area contributed by atoms with Crippen molar-refractivity contribution in [1.29, 1.82) is 0 Å². The summed E-state index contributed by atoms with van der Waals surface area (Å²) in [5.74, 6) is -1.31. The molecule has 2 N–H and O–H groups in total. The van der Waals surface area contributed by atoms with E-state index >= 15 is 0 Å². The number of carbonyl (C=O) groups excluding carboxylic acids is 2. The number of hydrogen-bond donors (Lipinski definition) is 2. The van der Waals surface area contributed by atoms with Crippen molar-refractivity contribution in [3.8, 4) is 0 Å². The van der Waals surface area contributed by atoms with Crippen LogP contribution in [0, 0.1) is 5.82 Å². The Labute approximate surface area is 159 Å². The maximum atomic E-state index is 13.1. The topological polar surface area (TPSA) is 101 Å². The molecule has 1 amide bonds. The van der Waals surface area contributed by atoms with E-state index in [4.69, 9.17) is 4.74 Å². The summed E-state index contributed by atoms with van der Waals surface area (Å²) in [5.41, 5.74) is 0.528. The van der Waals surface area contributed by atoms with Gasteiger partial charge in [0.1, 0.15) is 11.6 Å². The second kappa shape index (κ2) is 8.43.